The van der Waals surface area contributed by atoms with E-state index in [4.69, 9.17) is 28.2 Å². The lowest BCUT2D eigenvalue weighted by Gasteiger charge is -2.52. The molecule has 8 nitrogen and oxygen atoms in total. The summed E-state index contributed by atoms with van der Waals surface area (Å²) in [7, 11) is 0. The molecular formula is C28H37Cl2N5O3. The van der Waals surface area contributed by atoms with Crippen molar-refractivity contribution in [3.63, 3.8) is 0 Å². The Labute approximate surface area is 234 Å². The highest BCUT2D eigenvalue weighted by atomic mass is 35.5. The Kier molecular flexibility index (Phi) is 7.55. The molecule has 0 amide bonds. The summed E-state index contributed by atoms with van der Waals surface area (Å²) in [6, 6.07) is 5.79. The fourth-order valence-corrected chi connectivity index (χ4v) is 6.57. The fourth-order valence-electron chi connectivity index (χ4n) is 6.10. The Bertz CT molecular complexity index is 1190. The molecule has 10 heteroatoms. The van der Waals surface area contributed by atoms with Gasteiger partial charge in [0.2, 0.25) is 5.95 Å². The zero-order valence-electron chi connectivity index (χ0n) is 22.3. The summed E-state index contributed by atoms with van der Waals surface area (Å²) in [5.41, 5.74) is -0.146. The summed E-state index contributed by atoms with van der Waals surface area (Å²) >= 11 is 12.4. The quantitative estimate of drug-likeness (QED) is 0.412. The molecule has 0 bridgehead atoms. The second kappa shape index (κ2) is 10.5. The number of hydrogen-bond acceptors (Lipinski definition) is 7. The van der Waals surface area contributed by atoms with Crippen molar-refractivity contribution < 1.29 is 15.0 Å². The van der Waals surface area contributed by atoms with Gasteiger partial charge in [-0.05, 0) is 82.5 Å². The minimum absolute atomic E-state index is 0.399. The molecular weight excluding hydrogens is 525 g/mol. The molecule has 5 rings (SSSR count). The maximum absolute atomic E-state index is 11.5. The van der Waals surface area contributed by atoms with Gasteiger partial charge in [-0.2, -0.15) is 4.98 Å². The van der Waals surface area contributed by atoms with Gasteiger partial charge in [-0.15, -0.1) is 0 Å². The van der Waals surface area contributed by atoms with Gasteiger partial charge in [0.15, 0.2) is 0 Å². The number of carbonyl (C=O) groups is 1. The average molecular weight is 563 g/mol. The van der Waals surface area contributed by atoms with E-state index in [0.717, 1.165) is 44.6 Å². The Hall–Kier alpha value is -2.13. The minimum atomic E-state index is -1.11. The number of aliphatic carboxylic acids is 1. The standard InChI is InChI=1S/C28H37Cl2N5O3/c1-27(2,38)22-13-32-26(33-24(22)31-12-17-6-7-20(29)9-23(17)30)35-15-19(16-35)18-5-4-8-34(14-18)21-10-28(3,11-21)25(36)37/h6-7,9,13,18-19,21,38H,4-5,8,10-12,14-16H2,1-3H3,(H,36,37)(H,31,32,33). The summed E-state index contributed by atoms with van der Waals surface area (Å²) in [6.45, 7) is 9.68. The number of benzene rings is 1. The van der Waals surface area contributed by atoms with Crippen LogP contribution < -0.4 is 10.2 Å². The van der Waals surface area contributed by atoms with E-state index in [0.29, 0.717) is 51.8 Å². The van der Waals surface area contributed by atoms with Crippen LogP contribution in [0.3, 0.4) is 0 Å². The first-order valence-electron chi connectivity index (χ1n) is 13.4. The van der Waals surface area contributed by atoms with Gasteiger partial charge in [-0.25, -0.2) is 4.98 Å². The Morgan fingerprint density at radius 3 is 2.61 bits per heavy atom. The molecule has 1 unspecified atom stereocenters. The first-order chi connectivity index (χ1) is 17.9. The highest BCUT2D eigenvalue weighted by molar-refractivity contribution is 6.35. The average Bonchev–Trinajstić information content (AvgIpc) is 2.80. The van der Waals surface area contributed by atoms with Crippen LogP contribution >= 0.6 is 23.2 Å². The van der Waals surface area contributed by atoms with Crippen molar-refractivity contribution in [1.29, 1.82) is 0 Å². The number of carboxylic acid groups (broad SMARTS) is 1. The lowest BCUT2D eigenvalue weighted by atomic mass is 9.65. The molecule has 38 heavy (non-hydrogen) atoms. The summed E-state index contributed by atoms with van der Waals surface area (Å²) in [6.07, 6.45) is 5.60. The molecule has 0 spiro atoms. The van der Waals surface area contributed by atoms with Crippen LogP contribution in [0.25, 0.3) is 0 Å². The normalized spacial score (nSPS) is 26.5. The summed E-state index contributed by atoms with van der Waals surface area (Å²) < 4.78 is 0. The topological polar surface area (TPSA) is 102 Å². The van der Waals surface area contributed by atoms with Crippen molar-refractivity contribution in [3.8, 4) is 0 Å². The van der Waals surface area contributed by atoms with Crippen molar-refractivity contribution in [3.05, 3.63) is 45.6 Å². The SMILES string of the molecule is CC1(C(=O)O)CC(N2CCCC(C3CN(c4ncc(C(C)(C)O)c(NCc5ccc(Cl)cc5Cl)n4)C3)C2)C1. The van der Waals surface area contributed by atoms with Gasteiger partial charge in [0.25, 0.3) is 0 Å². The first-order valence-corrected chi connectivity index (χ1v) is 14.2. The molecule has 3 N–H and O–H groups in total. The number of hydrogen-bond donors (Lipinski definition) is 3. The maximum Gasteiger partial charge on any atom is 0.309 e. The van der Waals surface area contributed by atoms with Crippen molar-refractivity contribution in [2.24, 2.45) is 17.3 Å². The third-order valence-corrected chi connectivity index (χ3v) is 9.24. The fraction of sp³-hybridized carbons (Fsp3) is 0.607. The number of carboxylic acids is 1. The molecule has 2 aliphatic heterocycles. The van der Waals surface area contributed by atoms with Crippen LogP contribution in [0.2, 0.25) is 10.0 Å². The smallest absolute Gasteiger partial charge is 0.309 e. The number of nitrogens with one attached hydrogen (secondary N) is 1. The Balaban J connectivity index is 1.21. The highest BCUT2D eigenvalue weighted by Gasteiger charge is 2.49. The molecule has 1 aromatic heterocycles. The molecule has 2 saturated heterocycles. The second-order valence-corrected chi connectivity index (χ2v) is 12.9. The van der Waals surface area contributed by atoms with E-state index >= 15 is 0 Å². The van der Waals surface area contributed by atoms with Crippen LogP contribution in [-0.4, -0.2) is 63.3 Å². The van der Waals surface area contributed by atoms with Crippen LogP contribution in [0, 0.1) is 17.3 Å². The third kappa shape index (κ3) is 5.60. The second-order valence-electron chi connectivity index (χ2n) is 12.1. The van der Waals surface area contributed by atoms with Gasteiger partial charge >= 0.3 is 5.97 Å². The largest absolute Gasteiger partial charge is 0.481 e. The molecule has 206 valence electrons. The first kappa shape index (κ1) is 27.4. The van der Waals surface area contributed by atoms with E-state index in [9.17, 15) is 15.0 Å². The Morgan fingerprint density at radius 1 is 1.21 bits per heavy atom. The highest BCUT2D eigenvalue weighted by Crippen LogP contribution is 2.45. The zero-order valence-corrected chi connectivity index (χ0v) is 23.8. The van der Waals surface area contributed by atoms with E-state index in [1.54, 1.807) is 32.2 Å². The monoisotopic (exact) mass is 561 g/mol. The van der Waals surface area contributed by atoms with Crippen LogP contribution in [0.1, 0.15) is 57.6 Å². The number of piperidine rings is 1. The van der Waals surface area contributed by atoms with E-state index in [2.05, 4.69) is 20.1 Å². The van der Waals surface area contributed by atoms with Crippen molar-refractivity contribution in [1.82, 2.24) is 14.9 Å². The molecule has 2 aromatic rings. The number of rotatable bonds is 8. The summed E-state index contributed by atoms with van der Waals surface area (Å²) in [5.74, 6) is 1.76. The predicted octanol–water partition coefficient (Wildman–Crippen LogP) is 5.02. The van der Waals surface area contributed by atoms with Gasteiger partial charge < -0.3 is 25.3 Å². The van der Waals surface area contributed by atoms with Gasteiger partial charge in [0.1, 0.15) is 5.82 Å². The predicted molar refractivity (Wildman–Crippen MR) is 150 cm³/mol. The Morgan fingerprint density at radius 2 is 1.95 bits per heavy atom. The van der Waals surface area contributed by atoms with E-state index in [1.165, 1.54) is 12.8 Å². The summed E-state index contributed by atoms with van der Waals surface area (Å²) in [4.78, 5) is 25.6. The van der Waals surface area contributed by atoms with Crippen LogP contribution in [0.4, 0.5) is 11.8 Å². The van der Waals surface area contributed by atoms with E-state index in [-0.39, 0.29) is 0 Å². The molecule has 3 heterocycles. The molecule has 1 saturated carbocycles. The lowest BCUT2D eigenvalue weighted by Crippen LogP contribution is -2.58. The van der Waals surface area contributed by atoms with Gasteiger partial charge in [-0.1, -0.05) is 29.3 Å². The van der Waals surface area contributed by atoms with Crippen LogP contribution in [0.15, 0.2) is 24.4 Å². The molecule has 3 aliphatic rings. The molecule has 3 fully saturated rings. The van der Waals surface area contributed by atoms with Gasteiger partial charge in [-0.3, -0.25) is 4.79 Å². The van der Waals surface area contributed by atoms with Gasteiger partial charge in [0, 0.05) is 54.0 Å². The molecule has 1 aliphatic carbocycles. The van der Waals surface area contributed by atoms with Crippen LogP contribution in [0.5, 0.6) is 0 Å². The third-order valence-electron chi connectivity index (χ3n) is 8.65. The number of likely N-dealkylation sites (tertiary alicyclic amines) is 1. The van der Waals surface area contributed by atoms with E-state index in [1.807, 2.05) is 13.0 Å². The maximum atomic E-state index is 11.5. The zero-order chi connectivity index (χ0) is 27.2. The molecule has 1 atom stereocenters. The number of halogens is 2. The van der Waals surface area contributed by atoms with E-state index < -0.39 is 17.0 Å². The summed E-state index contributed by atoms with van der Waals surface area (Å²) in [5, 5.41) is 24.7. The number of aliphatic hydroxyl groups is 1. The molecule has 1 aromatic carbocycles. The number of anilines is 2. The van der Waals surface area contributed by atoms with Crippen molar-refractivity contribution >= 4 is 40.9 Å². The lowest BCUT2D eigenvalue weighted by molar-refractivity contribution is -0.158. The number of aromatic nitrogens is 2. The number of nitrogens with zero attached hydrogens (tertiary/aromatic N) is 4. The minimum Gasteiger partial charge on any atom is -0.481 e. The van der Waals surface area contributed by atoms with Gasteiger partial charge in [0.05, 0.1) is 11.0 Å². The van der Waals surface area contributed by atoms with Crippen LogP contribution in [-0.2, 0) is 16.9 Å². The van der Waals surface area contributed by atoms with Crippen molar-refractivity contribution in [2.45, 2.75) is 64.6 Å². The molecule has 0 radical (unpaired) electrons. The van der Waals surface area contributed by atoms with Crippen molar-refractivity contribution in [2.75, 3.05) is 36.4 Å².